The maximum Gasteiger partial charge on any atom is 0.294 e. The number of nitrogen functional groups attached to an aromatic ring is 1. The zero-order valence-corrected chi connectivity index (χ0v) is 13.6. The molecule has 3 N–H and O–H groups in total. The van der Waals surface area contributed by atoms with E-state index in [9.17, 15) is 18.5 Å². The van der Waals surface area contributed by atoms with Gasteiger partial charge in [-0.1, -0.05) is 12.1 Å². The van der Waals surface area contributed by atoms with Crippen LogP contribution in [0.15, 0.2) is 65.8 Å². The number of nitrogens with one attached hydrogen (secondary N) is 1. The van der Waals surface area contributed by atoms with Crippen molar-refractivity contribution in [3.63, 3.8) is 0 Å². The molecule has 128 valence electrons. The van der Waals surface area contributed by atoms with Crippen molar-refractivity contribution in [3.05, 3.63) is 71.0 Å². The number of hydrogen-bond donors (Lipinski definition) is 2. The molecule has 0 fully saturated rings. The topological polar surface area (TPSA) is 133 Å². The minimum absolute atomic E-state index is 0.0418. The predicted octanol–water partition coefficient (Wildman–Crippen LogP) is 2.16. The lowest BCUT2D eigenvalue weighted by Crippen LogP contribution is -2.12. The van der Waals surface area contributed by atoms with E-state index >= 15 is 0 Å². The van der Waals surface area contributed by atoms with Crippen LogP contribution in [0.5, 0.6) is 0 Å². The highest BCUT2D eigenvalue weighted by atomic mass is 32.2. The molecule has 0 saturated carbocycles. The average molecular weight is 359 g/mol. The first kappa shape index (κ1) is 16.5. The van der Waals surface area contributed by atoms with Crippen molar-refractivity contribution in [3.8, 4) is 5.69 Å². The molecule has 10 heteroatoms. The summed E-state index contributed by atoms with van der Waals surface area (Å²) < 4.78 is 28.3. The predicted molar refractivity (Wildman–Crippen MR) is 91.9 cm³/mol. The summed E-state index contributed by atoms with van der Waals surface area (Å²) in [6.45, 7) is 0. The molecule has 0 spiro atoms. The number of anilines is 2. The highest BCUT2D eigenvalue weighted by Crippen LogP contribution is 2.23. The second kappa shape index (κ2) is 6.24. The van der Waals surface area contributed by atoms with E-state index in [1.165, 1.54) is 59.5 Å². The third-order valence-corrected chi connectivity index (χ3v) is 4.75. The molecule has 2 aromatic carbocycles. The van der Waals surface area contributed by atoms with Crippen molar-refractivity contribution in [1.29, 1.82) is 0 Å². The molecule has 0 atom stereocenters. The normalized spacial score (nSPS) is 11.2. The van der Waals surface area contributed by atoms with Gasteiger partial charge in [0.05, 0.1) is 27.9 Å². The summed E-state index contributed by atoms with van der Waals surface area (Å²) in [6, 6.07) is 11.7. The number of benzene rings is 2. The van der Waals surface area contributed by atoms with Crippen LogP contribution < -0.4 is 10.5 Å². The maximum atomic E-state index is 12.3. The molecule has 0 radical (unpaired) electrons. The zero-order chi connectivity index (χ0) is 18.0. The third-order valence-electron chi connectivity index (χ3n) is 3.35. The van der Waals surface area contributed by atoms with E-state index in [1.54, 1.807) is 6.07 Å². The lowest BCUT2D eigenvalue weighted by atomic mass is 10.3. The van der Waals surface area contributed by atoms with Crippen LogP contribution in [-0.4, -0.2) is 23.1 Å². The van der Waals surface area contributed by atoms with Gasteiger partial charge in [-0.05, 0) is 30.3 Å². The first-order valence-electron chi connectivity index (χ1n) is 7.04. The Morgan fingerprint density at radius 1 is 1.12 bits per heavy atom. The van der Waals surface area contributed by atoms with Gasteiger partial charge in [-0.3, -0.25) is 14.8 Å². The Labute approximate surface area is 142 Å². The van der Waals surface area contributed by atoms with E-state index < -0.39 is 14.9 Å². The van der Waals surface area contributed by atoms with Crippen LogP contribution in [0.25, 0.3) is 5.69 Å². The SMILES string of the molecule is Nc1ccc(S(=O)(=O)Nc2cnn(-c3ccccc3[N+](=O)[O-])c2)cc1. The lowest BCUT2D eigenvalue weighted by Gasteiger charge is -2.06. The van der Waals surface area contributed by atoms with Crippen molar-refractivity contribution in [2.75, 3.05) is 10.5 Å². The maximum absolute atomic E-state index is 12.3. The van der Waals surface area contributed by atoms with Crippen LogP contribution in [0.2, 0.25) is 0 Å². The van der Waals surface area contributed by atoms with E-state index in [2.05, 4.69) is 9.82 Å². The molecule has 3 rings (SSSR count). The lowest BCUT2D eigenvalue weighted by molar-refractivity contribution is -0.384. The van der Waals surface area contributed by atoms with Gasteiger partial charge in [0, 0.05) is 11.8 Å². The number of aromatic nitrogens is 2. The number of hydrogen-bond acceptors (Lipinski definition) is 6. The molecule has 1 aromatic heterocycles. The summed E-state index contributed by atoms with van der Waals surface area (Å²) in [5.74, 6) is 0. The third kappa shape index (κ3) is 3.43. The number of nitrogens with two attached hydrogens (primary N) is 1. The first-order valence-corrected chi connectivity index (χ1v) is 8.52. The highest BCUT2D eigenvalue weighted by Gasteiger charge is 2.18. The molecule has 0 aliphatic heterocycles. The molecular weight excluding hydrogens is 346 g/mol. The summed E-state index contributed by atoms with van der Waals surface area (Å²) in [7, 11) is -3.82. The van der Waals surface area contributed by atoms with Gasteiger partial charge in [0.1, 0.15) is 5.69 Å². The summed E-state index contributed by atoms with van der Waals surface area (Å²) in [4.78, 5) is 10.6. The van der Waals surface area contributed by atoms with Gasteiger partial charge in [-0.2, -0.15) is 5.10 Å². The smallest absolute Gasteiger partial charge is 0.294 e. The van der Waals surface area contributed by atoms with Gasteiger partial charge in [-0.25, -0.2) is 13.1 Å². The Bertz CT molecular complexity index is 1030. The fourth-order valence-electron chi connectivity index (χ4n) is 2.18. The molecule has 3 aromatic rings. The van der Waals surface area contributed by atoms with Gasteiger partial charge in [-0.15, -0.1) is 0 Å². The molecule has 1 heterocycles. The Hall–Kier alpha value is -3.40. The number of sulfonamides is 1. The number of para-hydroxylation sites is 2. The molecule has 0 saturated heterocycles. The van der Waals surface area contributed by atoms with Crippen LogP contribution in [0.1, 0.15) is 0 Å². The van der Waals surface area contributed by atoms with E-state index in [4.69, 9.17) is 5.73 Å². The Balaban J connectivity index is 1.90. The second-order valence-corrected chi connectivity index (χ2v) is 6.78. The van der Waals surface area contributed by atoms with Crippen molar-refractivity contribution in [1.82, 2.24) is 9.78 Å². The van der Waals surface area contributed by atoms with E-state index in [0.29, 0.717) is 5.69 Å². The molecule has 0 amide bonds. The second-order valence-electron chi connectivity index (χ2n) is 5.09. The monoisotopic (exact) mass is 359 g/mol. The van der Waals surface area contributed by atoms with Gasteiger partial charge in [0.25, 0.3) is 15.7 Å². The molecule has 25 heavy (non-hydrogen) atoms. The quantitative estimate of drug-likeness (QED) is 0.407. The minimum Gasteiger partial charge on any atom is -0.399 e. The fourth-order valence-corrected chi connectivity index (χ4v) is 3.21. The van der Waals surface area contributed by atoms with Crippen LogP contribution in [0.3, 0.4) is 0 Å². The van der Waals surface area contributed by atoms with Gasteiger partial charge >= 0.3 is 0 Å². The summed E-state index contributed by atoms with van der Waals surface area (Å²) in [6.07, 6.45) is 2.63. The Kier molecular flexibility index (Phi) is 4.11. The van der Waals surface area contributed by atoms with E-state index in [-0.39, 0.29) is 22.0 Å². The van der Waals surface area contributed by atoms with Crippen LogP contribution in [-0.2, 0) is 10.0 Å². The van der Waals surface area contributed by atoms with Crippen molar-refractivity contribution in [2.24, 2.45) is 0 Å². The van der Waals surface area contributed by atoms with Crippen LogP contribution >= 0.6 is 0 Å². The molecule has 0 aliphatic carbocycles. The Morgan fingerprint density at radius 2 is 1.80 bits per heavy atom. The Morgan fingerprint density at radius 3 is 2.48 bits per heavy atom. The van der Waals surface area contributed by atoms with Gasteiger partial charge in [0.2, 0.25) is 0 Å². The van der Waals surface area contributed by atoms with E-state index in [1.807, 2.05) is 0 Å². The van der Waals surface area contributed by atoms with E-state index in [0.717, 1.165) is 0 Å². The number of nitrogens with zero attached hydrogens (tertiary/aromatic N) is 3. The summed E-state index contributed by atoms with van der Waals surface area (Å²) >= 11 is 0. The first-order chi connectivity index (χ1) is 11.9. The summed E-state index contributed by atoms with van der Waals surface area (Å²) in [5.41, 5.74) is 6.26. The molecule has 9 nitrogen and oxygen atoms in total. The number of nitro groups is 1. The molecule has 0 aliphatic rings. The average Bonchev–Trinajstić information content (AvgIpc) is 3.03. The molecule has 0 bridgehead atoms. The highest BCUT2D eigenvalue weighted by molar-refractivity contribution is 7.92. The zero-order valence-electron chi connectivity index (χ0n) is 12.7. The largest absolute Gasteiger partial charge is 0.399 e. The van der Waals surface area contributed by atoms with Crippen molar-refractivity contribution < 1.29 is 13.3 Å². The van der Waals surface area contributed by atoms with Gasteiger partial charge < -0.3 is 5.73 Å². The molecule has 0 unspecified atom stereocenters. The molecular formula is C15H13N5O4S. The number of rotatable bonds is 5. The standard InChI is InChI=1S/C15H13N5O4S/c16-11-5-7-13(8-6-11)25(23,24)18-12-9-17-19(10-12)14-3-1-2-4-15(14)20(21)22/h1-10,18H,16H2. The van der Waals surface area contributed by atoms with Crippen molar-refractivity contribution in [2.45, 2.75) is 4.90 Å². The van der Waals surface area contributed by atoms with Crippen LogP contribution in [0, 0.1) is 10.1 Å². The number of nitro benzene ring substituents is 1. The minimum atomic E-state index is -3.82. The summed E-state index contributed by atoms with van der Waals surface area (Å²) in [5, 5.41) is 15.1. The fraction of sp³-hybridized carbons (Fsp3) is 0. The van der Waals surface area contributed by atoms with Crippen molar-refractivity contribution >= 4 is 27.1 Å². The van der Waals surface area contributed by atoms with Gasteiger partial charge in [0.15, 0.2) is 0 Å². The van der Waals surface area contributed by atoms with Crippen LogP contribution in [0.4, 0.5) is 17.1 Å².